The summed E-state index contributed by atoms with van der Waals surface area (Å²) in [6.45, 7) is 0. The zero-order valence-corrected chi connectivity index (χ0v) is 32.8. The molecule has 3 nitrogen and oxygen atoms in total. The van der Waals surface area contributed by atoms with Gasteiger partial charge in [-0.3, -0.25) is 0 Å². The average molecular weight is 806 g/mol. The number of halogens is 1. The van der Waals surface area contributed by atoms with Crippen molar-refractivity contribution in [3.63, 3.8) is 0 Å². The van der Waals surface area contributed by atoms with Gasteiger partial charge >= 0.3 is 0 Å². The number of rotatable bonds is 5. The second-order valence-electron chi connectivity index (χ2n) is 15.0. The van der Waals surface area contributed by atoms with E-state index in [4.69, 9.17) is 4.42 Å². The molecular formula is C54H33BrN2O. The van der Waals surface area contributed by atoms with Gasteiger partial charge < -0.3 is 13.6 Å². The van der Waals surface area contributed by atoms with Gasteiger partial charge in [0, 0.05) is 42.5 Å². The maximum absolute atomic E-state index is 6.57. The van der Waals surface area contributed by atoms with Crippen LogP contribution in [0.25, 0.3) is 110 Å². The Hall–Kier alpha value is -7.14. The number of hydrogen-bond donors (Lipinski definition) is 0. The molecule has 0 spiro atoms. The van der Waals surface area contributed by atoms with E-state index in [0.717, 1.165) is 71.1 Å². The molecule has 0 bridgehead atoms. The highest BCUT2D eigenvalue weighted by atomic mass is 79.9. The summed E-state index contributed by atoms with van der Waals surface area (Å²) < 4.78 is 12.4. The molecule has 272 valence electrons. The lowest BCUT2D eigenvalue weighted by atomic mass is 9.92. The molecule has 58 heavy (non-hydrogen) atoms. The van der Waals surface area contributed by atoms with E-state index >= 15 is 0 Å². The summed E-state index contributed by atoms with van der Waals surface area (Å²) in [5.41, 5.74) is 15.6. The minimum absolute atomic E-state index is 0.894. The third-order valence-electron chi connectivity index (χ3n) is 11.8. The Balaban J connectivity index is 1.07. The largest absolute Gasteiger partial charge is 0.454 e. The molecule has 9 aromatic carbocycles. The summed E-state index contributed by atoms with van der Waals surface area (Å²) in [5.74, 6) is 0. The van der Waals surface area contributed by atoms with Crippen LogP contribution < -0.4 is 0 Å². The third kappa shape index (κ3) is 5.05. The normalized spacial score (nSPS) is 11.9. The summed E-state index contributed by atoms with van der Waals surface area (Å²) in [5, 5.41) is 7.13. The van der Waals surface area contributed by atoms with E-state index in [0.29, 0.717) is 0 Å². The lowest BCUT2D eigenvalue weighted by Crippen LogP contribution is -1.94. The maximum atomic E-state index is 6.57. The molecule has 0 aliphatic carbocycles. The second-order valence-corrected chi connectivity index (χ2v) is 15.9. The van der Waals surface area contributed by atoms with Crippen LogP contribution in [0.15, 0.2) is 209 Å². The van der Waals surface area contributed by atoms with Crippen LogP contribution in [-0.2, 0) is 0 Å². The highest BCUT2D eigenvalue weighted by molar-refractivity contribution is 9.10. The van der Waals surface area contributed by atoms with Crippen molar-refractivity contribution >= 4 is 81.5 Å². The smallest absolute Gasteiger partial charge is 0.159 e. The van der Waals surface area contributed by atoms with Crippen LogP contribution in [0.3, 0.4) is 0 Å². The Labute approximate surface area is 342 Å². The van der Waals surface area contributed by atoms with E-state index in [1.165, 1.54) is 43.7 Å². The first-order valence-electron chi connectivity index (χ1n) is 19.6. The van der Waals surface area contributed by atoms with Crippen LogP contribution in [0.2, 0.25) is 0 Å². The van der Waals surface area contributed by atoms with E-state index < -0.39 is 0 Å². The summed E-state index contributed by atoms with van der Waals surface area (Å²) in [6, 6.07) is 72.2. The van der Waals surface area contributed by atoms with Crippen molar-refractivity contribution in [1.29, 1.82) is 0 Å². The Morgan fingerprint density at radius 2 is 0.879 bits per heavy atom. The van der Waals surface area contributed by atoms with Crippen LogP contribution >= 0.6 is 15.9 Å². The first-order chi connectivity index (χ1) is 28.7. The number of aromatic nitrogens is 2. The van der Waals surface area contributed by atoms with Crippen molar-refractivity contribution in [2.45, 2.75) is 0 Å². The molecule has 0 fully saturated rings. The second kappa shape index (κ2) is 13.0. The number of nitrogens with zero attached hydrogens (tertiary/aromatic N) is 2. The number of benzene rings is 9. The van der Waals surface area contributed by atoms with Crippen LogP contribution in [0, 0.1) is 0 Å². The Morgan fingerprint density at radius 1 is 0.345 bits per heavy atom. The zero-order valence-electron chi connectivity index (χ0n) is 31.2. The molecule has 0 N–H and O–H groups in total. The number of hydrogen-bond acceptors (Lipinski definition) is 1. The predicted octanol–water partition coefficient (Wildman–Crippen LogP) is 15.5. The lowest BCUT2D eigenvalue weighted by Gasteiger charge is -2.13. The predicted molar refractivity (Wildman–Crippen MR) is 246 cm³/mol. The summed E-state index contributed by atoms with van der Waals surface area (Å²) in [7, 11) is 0. The molecule has 12 aromatic rings. The highest BCUT2D eigenvalue weighted by Crippen LogP contribution is 2.42. The first-order valence-corrected chi connectivity index (χ1v) is 20.4. The van der Waals surface area contributed by atoms with E-state index in [1.54, 1.807) is 0 Å². The van der Waals surface area contributed by atoms with Crippen LogP contribution in [0.1, 0.15) is 0 Å². The standard InChI is InChI=1S/C54H33BrN2O/c55-47-20-8-4-15-40(47)38-30-36(34-25-27-50-45(32-34)41-16-5-9-21-48(41)56(50)39-13-2-1-3-14-39)29-37(31-38)35-26-28-51-46(33-35)42-17-6-10-22-49(42)57(51)52-23-12-19-44-43-18-7-11-24-53(43)58-54(44)52/h1-33H. The minimum atomic E-state index is 0.894. The van der Waals surface area contributed by atoms with Gasteiger partial charge in [-0.05, 0) is 118 Å². The molecule has 3 heterocycles. The fourth-order valence-corrected chi connectivity index (χ4v) is 9.65. The lowest BCUT2D eigenvalue weighted by molar-refractivity contribution is 0.666. The molecule has 0 unspecified atom stereocenters. The zero-order chi connectivity index (χ0) is 38.3. The van der Waals surface area contributed by atoms with Crippen molar-refractivity contribution in [1.82, 2.24) is 9.13 Å². The molecule has 0 saturated heterocycles. The van der Waals surface area contributed by atoms with Crippen LogP contribution in [0.5, 0.6) is 0 Å². The maximum Gasteiger partial charge on any atom is 0.159 e. The molecule has 0 radical (unpaired) electrons. The van der Waals surface area contributed by atoms with E-state index in [9.17, 15) is 0 Å². The summed E-state index contributed by atoms with van der Waals surface area (Å²) in [6.07, 6.45) is 0. The van der Waals surface area contributed by atoms with E-state index in [-0.39, 0.29) is 0 Å². The van der Waals surface area contributed by atoms with Gasteiger partial charge in [0.2, 0.25) is 0 Å². The Morgan fingerprint density at radius 3 is 1.59 bits per heavy atom. The van der Waals surface area contributed by atoms with Crippen molar-refractivity contribution in [2.75, 3.05) is 0 Å². The monoisotopic (exact) mass is 804 g/mol. The van der Waals surface area contributed by atoms with Crippen molar-refractivity contribution in [2.24, 2.45) is 0 Å². The molecule has 3 aromatic heterocycles. The first kappa shape index (κ1) is 33.0. The molecule has 4 heteroatoms. The molecule has 0 saturated carbocycles. The Bertz CT molecular complexity index is 3590. The van der Waals surface area contributed by atoms with Crippen LogP contribution in [0.4, 0.5) is 0 Å². The van der Waals surface area contributed by atoms with Crippen molar-refractivity contribution in [3.05, 3.63) is 205 Å². The van der Waals surface area contributed by atoms with Crippen molar-refractivity contribution in [3.8, 4) is 44.8 Å². The topological polar surface area (TPSA) is 23.0 Å². The van der Waals surface area contributed by atoms with Gasteiger partial charge in [-0.1, -0.05) is 131 Å². The Kier molecular flexibility index (Phi) is 7.38. The highest BCUT2D eigenvalue weighted by Gasteiger charge is 2.19. The van der Waals surface area contributed by atoms with Gasteiger partial charge in [0.15, 0.2) is 5.58 Å². The average Bonchev–Trinajstić information content (AvgIpc) is 3.94. The van der Waals surface area contributed by atoms with Gasteiger partial charge in [0.05, 0.1) is 27.8 Å². The quantitative estimate of drug-likeness (QED) is 0.170. The summed E-state index contributed by atoms with van der Waals surface area (Å²) >= 11 is 3.88. The molecule has 12 rings (SSSR count). The fraction of sp³-hybridized carbons (Fsp3) is 0. The van der Waals surface area contributed by atoms with E-state index in [2.05, 4.69) is 219 Å². The molecule has 0 atom stereocenters. The van der Waals surface area contributed by atoms with Crippen LogP contribution in [-0.4, -0.2) is 9.13 Å². The number of fused-ring (bicyclic) bond motifs is 9. The molecule has 0 amide bonds. The van der Waals surface area contributed by atoms with Crippen molar-refractivity contribution < 1.29 is 4.42 Å². The number of furan rings is 1. The molecule has 0 aliphatic rings. The third-order valence-corrected chi connectivity index (χ3v) is 12.5. The van der Waals surface area contributed by atoms with Gasteiger partial charge in [0.1, 0.15) is 5.58 Å². The molecular weight excluding hydrogens is 773 g/mol. The number of para-hydroxylation sites is 5. The minimum Gasteiger partial charge on any atom is -0.454 e. The SMILES string of the molecule is Brc1ccccc1-c1cc(-c2ccc3c(c2)c2ccccc2n3-c2ccccc2)cc(-c2ccc3c(c2)c2ccccc2n3-c2cccc3c2oc2ccccc23)c1. The fourth-order valence-electron chi connectivity index (χ4n) is 9.14. The van der Waals surface area contributed by atoms with Gasteiger partial charge in [-0.15, -0.1) is 0 Å². The van der Waals surface area contributed by atoms with Gasteiger partial charge in [0.25, 0.3) is 0 Å². The van der Waals surface area contributed by atoms with Gasteiger partial charge in [-0.25, -0.2) is 0 Å². The molecule has 0 aliphatic heterocycles. The summed E-state index contributed by atoms with van der Waals surface area (Å²) in [4.78, 5) is 0. The van der Waals surface area contributed by atoms with Gasteiger partial charge in [-0.2, -0.15) is 0 Å². The van der Waals surface area contributed by atoms with E-state index in [1.807, 2.05) is 6.07 Å².